The highest BCUT2D eigenvalue weighted by atomic mass is 32.1. The van der Waals surface area contributed by atoms with Gasteiger partial charge in [-0.15, -0.1) is 11.3 Å². The van der Waals surface area contributed by atoms with Crippen molar-refractivity contribution in [2.45, 2.75) is 6.92 Å². The van der Waals surface area contributed by atoms with Crippen LogP contribution in [0.2, 0.25) is 0 Å². The van der Waals surface area contributed by atoms with E-state index in [2.05, 4.69) is 4.98 Å². The molecule has 1 aromatic carbocycles. The minimum atomic E-state index is -0.359. The molecule has 0 saturated carbocycles. The molecule has 0 unspecified atom stereocenters. The molecule has 0 bridgehead atoms. The highest BCUT2D eigenvalue weighted by Crippen LogP contribution is 2.25. The highest BCUT2D eigenvalue weighted by Gasteiger charge is 2.03. The second-order valence-electron chi connectivity index (χ2n) is 3.54. The first-order valence-electron chi connectivity index (χ1n) is 5.23. The molecule has 1 heterocycles. The number of halogens is 1. The van der Waals surface area contributed by atoms with Crippen LogP contribution in [0.3, 0.4) is 0 Å². The number of fused-ring (bicyclic) bond motifs is 1. The van der Waals surface area contributed by atoms with Crippen molar-refractivity contribution in [3.63, 3.8) is 0 Å². The molecule has 0 aliphatic rings. The number of thiazole rings is 1. The van der Waals surface area contributed by atoms with Crippen LogP contribution in [0.25, 0.3) is 10.2 Å². The minimum absolute atomic E-state index is 0.0914. The van der Waals surface area contributed by atoms with Crippen LogP contribution in [0, 0.1) is 6.92 Å². The lowest BCUT2D eigenvalue weighted by Gasteiger charge is -2.03. The summed E-state index contributed by atoms with van der Waals surface area (Å²) in [6.45, 7) is 2.04. The van der Waals surface area contributed by atoms with Crippen LogP contribution < -0.4 is 10.5 Å². The number of hydrogen-bond acceptors (Lipinski definition) is 4. The summed E-state index contributed by atoms with van der Waals surface area (Å²) in [6, 6.07) is 5.56. The Labute approximate surface area is 103 Å². The van der Waals surface area contributed by atoms with Gasteiger partial charge in [-0.25, -0.2) is 9.37 Å². The Bertz CT molecular complexity index is 550. The molecule has 0 aliphatic heterocycles. The minimum Gasteiger partial charge on any atom is -0.486 e. The molecular formula is C12H13FN2OS. The zero-order valence-corrected chi connectivity index (χ0v) is 10.3. The molecule has 0 amide bonds. The molecule has 0 radical (unpaired) electrons. The Kier molecular flexibility index (Phi) is 3.71. The molecule has 0 aliphatic carbocycles. The van der Waals surface area contributed by atoms with Crippen molar-refractivity contribution in [1.29, 1.82) is 0 Å². The van der Waals surface area contributed by atoms with Gasteiger partial charge in [0.25, 0.3) is 0 Å². The summed E-state index contributed by atoms with van der Waals surface area (Å²) in [5.74, 6) is 0.255. The van der Waals surface area contributed by atoms with E-state index in [1.165, 1.54) is 6.08 Å². The van der Waals surface area contributed by atoms with Crippen molar-refractivity contribution in [3.8, 4) is 5.75 Å². The van der Waals surface area contributed by atoms with Gasteiger partial charge in [0.15, 0.2) is 0 Å². The number of hydrogen-bond donors (Lipinski definition) is 1. The number of ether oxygens (including phenoxy) is 1. The fourth-order valence-electron chi connectivity index (χ4n) is 1.45. The third kappa shape index (κ3) is 3.01. The maximum atomic E-state index is 13.0. The van der Waals surface area contributed by atoms with Crippen LogP contribution in [0.5, 0.6) is 5.75 Å². The molecule has 3 nitrogen and oxygen atoms in total. The molecule has 0 atom stereocenters. The van der Waals surface area contributed by atoms with E-state index >= 15 is 0 Å². The third-order valence-electron chi connectivity index (χ3n) is 2.18. The van der Waals surface area contributed by atoms with E-state index < -0.39 is 0 Å². The van der Waals surface area contributed by atoms with Gasteiger partial charge >= 0.3 is 0 Å². The Hall–Kier alpha value is -1.46. The molecule has 2 N–H and O–H groups in total. The molecule has 0 saturated heterocycles. The van der Waals surface area contributed by atoms with Gasteiger partial charge in [-0.3, -0.25) is 0 Å². The Morgan fingerprint density at radius 3 is 3.18 bits per heavy atom. The first-order valence-corrected chi connectivity index (χ1v) is 6.05. The zero-order chi connectivity index (χ0) is 12.3. The van der Waals surface area contributed by atoms with E-state index in [0.717, 1.165) is 15.2 Å². The second kappa shape index (κ2) is 5.25. The zero-order valence-electron chi connectivity index (χ0n) is 9.44. The normalized spacial score (nSPS) is 12.1. The lowest BCUT2D eigenvalue weighted by Crippen LogP contribution is -2.01. The molecule has 1 aromatic heterocycles. The predicted octanol–water partition coefficient (Wildman–Crippen LogP) is 2.80. The molecule has 5 heteroatoms. The summed E-state index contributed by atoms with van der Waals surface area (Å²) >= 11 is 1.62. The van der Waals surface area contributed by atoms with Crippen molar-refractivity contribution in [1.82, 2.24) is 4.98 Å². The lowest BCUT2D eigenvalue weighted by molar-refractivity contribution is 0.318. The molecule has 2 aromatic rings. The van der Waals surface area contributed by atoms with Crippen LogP contribution in [0.15, 0.2) is 30.1 Å². The lowest BCUT2D eigenvalue weighted by atomic mass is 10.3. The maximum absolute atomic E-state index is 13.0. The van der Waals surface area contributed by atoms with Crippen LogP contribution in [-0.2, 0) is 0 Å². The van der Waals surface area contributed by atoms with Crippen LogP contribution >= 0.6 is 11.3 Å². The smallest absolute Gasteiger partial charge is 0.139 e. The SMILES string of the molecule is Cc1nc2cc(OC/C(F)=C/CN)ccc2s1. The summed E-state index contributed by atoms with van der Waals surface area (Å²) < 4.78 is 19.5. The van der Waals surface area contributed by atoms with Gasteiger partial charge in [0.1, 0.15) is 18.2 Å². The summed E-state index contributed by atoms with van der Waals surface area (Å²) in [4.78, 5) is 4.35. The Balaban J connectivity index is 2.11. The van der Waals surface area contributed by atoms with E-state index in [0.29, 0.717) is 5.75 Å². The van der Waals surface area contributed by atoms with Gasteiger partial charge in [-0.05, 0) is 25.1 Å². The third-order valence-corrected chi connectivity index (χ3v) is 3.13. The summed E-state index contributed by atoms with van der Waals surface area (Å²) in [7, 11) is 0. The molecule has 0 spiro atoms. The summed E-state index contributed by atoms with van der Waals surface area (Å²) in [5, 5.41) is 1.01. The molecular weight excluding hydrogens is 239 g/mol. The Morgan fingerprint density at radius 1 is 1.59 bits per heavy atom. The standard InChI is InChI=1S/C12H13FN2OS/c1-8-15-11-6-10(2-3-12(11)17-8)16-7-9(13)4-5-14/h2-4,6H,5,7,14H2,1H3/b9-4-. The summed E-state index contributed by atoms with van der Waals surface area (Å²) in [6.07, 6.45) is 1.30. The van der Waals surface area contributed by atoms with Crippen molar-refractivity contribution in [2.24, 2.45) is 5.73 Å². The number of benzene rings is 1. The highest BCUT2D eigenvalue weighted by molar-refractivity contribution is 7.18. The monoisotopic (exact) mass is 252 g/mol. The summed E-state index contributed by atoms with van der Waals surface area (Å²) in [5.41, 5.74) is 6.08. The number of nitrogens with zero attached hydrogens (tertiary/aromatic N) is 1. The largest absolute Gasteiger partial charge is 0.486 e. The van der Waals surface area contributed by atoms with Crippen LogP contribution in [0.1, 0.15) is 5.01 Å². The average Bonchev–Trinajstić information content (AvgIpc) is 2.66. The van der Waals surface area contributed by atoms with Crippen molar-refractivity contribution >= 4 is 21.6 Å². The van der Waals surface area contributed by atoms with E-state index in [9.17, 15) is 4.39 Å². The van der Waals surface area contributed by atoms with Crippen molar-refractivity contribution < 1.29 is 9.13 Å². The molecule has 90 valence electrons. The van der Waals surface area contributed by atoms with Gasteiger partial charge in [0, 0.05) is 12.6 Å². The first kappa shape index (κ1) is 12.0. The topological polar surface area (TPSA) is 48.1 Å². The number of aromatic nitrogens is 1. The van der Waals surface area contributed by atoms with E-state index in [4.69, 9.17) is 10.5 Å². The molecule has 17 heavy (non-hydrogen) atoms. The van der Waals surface area contributed by atoms with Gasteiger partial charge in [-0.2, -0.15) is 0 Å². The maximum Gasteiger partial charge on any atom is 0.139 e. The van der Waals surface area contributed by atoms with Gasteiger partial charge in [0.05, 0.1) is 15.2 Å². The van der Waals surface area contributed by atoms with Crippen LogP contribution in [-0.4, -0.2) is 18.1 Å². The van der Waals surface area contributed by atoms with Crippen LogP contribution in [0.4, 0.5) is 4.39 Å². The number of nitrogens with two attached hydrogens (primary N) is 1. The average molecular weight is 252 g/mol. The fourth-order valence-corrected chi connectivity index (χ4v) is 2.26. The van der Waals surface area contributed by atoms with Gasteiger partial charge in [-0.1, -0.05) is 0 Å². The van der Waals surface area contributed by atoms with E-state index in [1.54, 1.807) is 11.3 Å². The predicted molar refractivity (Wildman–Crippen MR) is 68.1 cm³/mol. The molecule has 0 fully saturated rings. The van der Waals surface area contributed by atoms with Crippen molar-refractivity contribution in [2.75, 3.05) is 13.2 Å². The quantitative estimate of drug-likeness (QED) is 0.910. The van der Waals surface area contributed by atoms with Gasteiger partial charge in [0.2, 0.25) is 0 Å². The number of rotatable bonds is 4. The van der Waals surface area contributed by atoms with E-state index in [1.807, 2.05) is 25.1 Å². The fraction of sp³-hybridized carbons (Fsp3) is 0.250. The van der Waals surface area contributed by atoms with Gasteiger partial charge < -0.3 is 10.5 Å². The second-order valence-corrected chi connectivity index (χ2v) is 4.77. The van der Waals surface area contributed by atoms with E-state index in [-0.39, 0.29) is 19.0 Å². The molecule has 2 rings (SSSR count). The number of aryl methyl sites for hydroxylation is 1. The Morgan fingerprint density at radius 2 is 2.41 bits per heavy atom. The first-order chi connectivity index (χ1) is 8.19. The van der Waals surface area contributed by atoms with Crippen molar-refractivity contribution in [3.05, 3.63) is 35.1 Å².